The molecule has 4 aromatic rings. The fraction of sp³-hybridized carbons (Fsp3) is 0.477. The van der Waals surface area contributed by atoms with Gasteiger partial charge in [-0.2, -0.15) is 25.3 Å². The summed E-state index contributed by atoms with van der Waals surface area (Å²) in [6, 6.07) is -3.97. The molecule has 0 saturated carbocycles. The normalized spacial score (nSPS) is 13.9. The molecule has 4 rings (SSSR count). The number of carbonyl (C=O) groups excluding carboxylic acids is 14. The number of carboxylic acid groups (broad SMARTS) is 5. The molecule has 0 aliphatic carbocycles. The van der Waals surface area contributed by atoms with Gasteiger partial charge in [-0.3, -0.25) is 97.1 Å². The number of amides is 14. The van der Waals surface area contributed by atoms with Crippen LogP contribution in [0.5, 0.6) is 23.0 Å². The number of hydrogen-bond donors (Lipinski definition) is 34. The summed E-state index contributed by atoms with van der Waals surface area (Å²) >= 11 is 8.24. The fourth-order valence-corrected chi connectivity index (χ4v) is 13.8. The van der Waals surface area contributed by atoms with Crippen LogP contribution in [0.1, 0.15) is 125 Å². The molecule has 0 radical (unpaired) electrons. The van der Waals surface area contributed by atoms with Crippen molar-refractivity contribution >= 4 is 150 Å². The van der Waals surface area contributed by atoms with Crippen molar-refractivity contribution in [3.63, 3.8) is 0 Å². The first-order chi connectivity index (χ1) is 65.8. The molecule has 0 aliphatic heterocycles. The number of benzene rings is 4. The maximum Gasteiger partial charge on any atom is 0.326 e. The summed E-state index contributed by atoms with van der Waals surface area (Å²) in [7, 11) is 0. The van der Waals surface area contributed by atoms with Gasteiger partial charge >= 0.3 is 29.8 Å². The summed E-state index contributed by atoms with van der Waals surface area (Å²) in [6.07, 6.45) is -7.63. The average Bonchev–Trinajstić information content (AvgIpc) is 0.836. The molecule has 4 aromatic carbocycles. The maximum atomic E-state index is 14.9. The van der Waals surface area contributed by atoms with E-state index in [-0.39, 0.29) is 136 Å². The van der Waals surface area contributed by atoms with E-state index in [0.29, 0.717) is 12.0 Å². The van der Waals surface area contributed by atoms with Crippen LogP contribution in [0.2, 0.25) is 0 Å². The van der Waals surface area contributed by atoms with Crippen LogP contribution in [0.4, 0.5) is 0 Å². The fourth-order valence-electron chi connectivity index (χ4n) is 13.3. The van der Waals surface area contributed by atoms with Crippen molar-refractivity contribution in [2.75, 3.05) is 44.2 Å². The molecule has 53 heteroatoms. The zero-order valence-electron chi connectivity index (χ0n) is 75.5. The predicted molar refractivity (Wildman–Crippen MR) is 501 cm³/mol. The molecule has 14 amide bonds. The summed E-state index contributed by atoms with van der Waals surface area (Å²) in [5, 5.41) is 144. The van der Waals surface area contributed by atoms with Crippen LogP contribution in [0.25, 0.3) is 0 Å². The van der Waals surface area contributed by atoms with E-state index in [4.69, 9.17) is 39.5 Å². The number of nitrogens with one attached hydrogen (secondary N) is 18. The quantitative estimate of drug-likeness (QED) is 0.00845. The van der Waals surface area contributed by atoms with Gasteiger partial charge < -0.3 is 160 Å². The lowest BCUT2D eigenvalue weighted by Crippen LogP contribution is -2.61. The van der Waals surface area contributed by atoms with E-state index in [1.165, 1.54) is 97.1 Å². The van der Waals surface area contributed by atoms with Crippen LogP contribution in [0.15, 0.2) is 97.1 Å². The lowest BCUT2D eigenvalue weighted by Gasteiger charge is -2.28. The SMILES string of the molecule is N=C(N)NCCC[C@H](NC(=O)[C@H](Cc1ccc(O)cc1)NC(=O)[C@H](CC(=O)O)NC(=O)[C@H](CCC(=O)O)NC(=O)[C@H](CCCCN)NC(=O)[C@H](CS)NC(=O)CNC(=O)[C@H](Cc1ccc(O)cc1)NC(=O)[C@H](CCCNC(=N)N)NC(=O)[C@H](Cc1ccc(O)cc1)NC(=O)[C@H](CC(=O)O)NC(=O)[C@H](CCC(=O)O)NC(=O)[C@H](CCCCN)NC(=O)[C@@H](N)CS)C(=O)N[C@@H](Cc1ccc(O)cc1)C(=O)O. The molecule has 37 N–H and O–H groups in total. The molecular formula is C86H123N23O28S2. The Balaban J connectivity index is 1.64. The van der Waals surface area contributed by atoms with Crippen molar-refractivity contribution in [2.24, 2.45) is 28.7 Å². The van der Waals surface area contributed by atoms with Crippen molar-refractivity contribution in [2.45, 2.75) is 213 Å². The summed E-state index contributed by atoms with van der Waals surface area (Å²) < 4.78 is 0. The van der Waals surface area contributed by atoms with E-state index in [1.807, 2.05) is 0 Å². The number of carbonyl (C=O) groups is 19. The van der Waals surface area contributed by atoms with Gasteiger partial charge in [0.2, 0.25) is 82.7 Å². The largest absolute Gasteiger partial charge is 0.508 e. The number of nitrogens with two attached hydrogens (primary N) is 5. The number of aromatic hydroxyl groups is 4. The van der Waals surface area contributed by atoms with Gasteiger partial charge in [0.1, 0.15) is 102 Å². The molecule has 14 atom stereocenters. The summed E-state index contributed by atoms with van der Waals surface area (Å²) in [6.45, 7) is -0.979. The number of rotatable bonds is 65. The number of carboxylic acids is 5. The van der Waals surface area contributed by atoms with E-state index in [1.54, 1.807) is 0 Å². The van der Waals surface area contributed by atoms with Crippen molar-refractivity contribution in [1.82, 2.24) is 85.1 Å². The third kappa shape index (κ3) is 45.1. The Bertz CT molecular complexity index is 4880. The highest BCUT2D eigenvalue weighted by Crippen LogP contribution is 2.20. The second-order valence-corrected chi connectivity index (χ2v) is 32.7. The van der Waals surface area contributed by atoms with Gasteiger partial charge in [-0.05, 0) is 161 Å². The number of phenols is 4. The summed E-state index contributed by atoms with van der Waals surface area (Å²) in [5.41, 5.74) is 29.3. The number of hydrogen-bond acceptors (Lipinski definition) is 30. The summed E-state index contributed by atoms with van der Waals surface area (Å²) in [4.78, 5) is 262. The molecule has 0 heterocycles. The first-order valence-corrected chi connectivity index (χ1v) is 45.1. The molecule has 0 aliphatic rings. The molecule has 0 aromatic heterocycles. The Labute approximate surface area is 807 Å². The van der Waals surface area contributed by atoms with E-state index in [0.717, 1.165) is 0 Å². The molecular weight excluding hydrogens is 1870 g/mol. The molecule has 51 nitrogen and oxygen atoms in total. The van der Waals surface area contributed by atoms with Crippen LogP contribution in [0, 0.1) is 10.8 Å². The zero-order valence-corrected chi connectivity index (χ0v) is 77.3. The highest BCUT2D eigenvalue weighted by Gasteiger charge is 2.40. The van der Waals surface area contributed by atoms with Gasteiger partial charge in [0.15, 0.2) is 11.9 Å². The van der Waals surface area contributed by atoms with Gasteiger partial charge in [0.05, 0.1) is 25.4 Å². The first-order valence-electron chi connectivity index (χ1n) is 43.8. The van der Waals surface area contributed by atoms with Gasteiger partial charge in [-0.1, -0.05) is 48.5 Å². The summed E-state index contributed by atoms with van der Waals surface area (Å²) in [5.74, 6) is -27.1. The van der Waals surface area contributed by atoms with Crippen molar-refractivity contribution in [3.8, 4) is 23.0 Å². The van der Waals surface area contributed by atoms with Gasteiger partial charge in [0, 0.05) is 63.1 Å². The minimum absolute atomic E-state index is 0.0121. The number of thiol groups is 2. The van der Waals surface area contributed by atoms with Crippen LogP contribution < -0.4 is 114 Å². The van der Waals surface area contributed by atoms with E-state index in [9.17, 15) is 137 Å². The molecule has 0 bridgehead atoms. The van der Waals surface area contributed by atoms with E-state index in [2.05, 4.69) is 110 Å². The average molecular weight is 1990 g/mol. The van der Waals surface area contributed by atoms with Crippen molar-refractivity contribution in [3.05, 3.63) is 119 Å². The molecule has 762 valence electrons. The monoisotopic (exact) mass is 1990 g/mol. The molecule has 139 heavy (non-hydrogen) atoms. The third-order valence-electron chi connectivity index (χ3n) is 20.8. The van der Waals surface area contributed by atoms with Gasteiger partial charge in [-0.25, -0.2) is 4.79 Å². The second-order valence-electron chi connectivity index (χ2n) is 32.0. The smallest absolute Gasteiger partial charge is 0.326 e. The molecule has 0 unspecified atom stereocenters. The Hall–Kier alpha value is -14.9. The lowest BCUT2D eigenvalue weighted by atomic mass is 10.0. The first kappa shape index (κ1) is 116. The van der Waals surface area contributed by atoms with Crippen LogP contribution in [0.3, 0.4) is 0 Å². The van der Waals surface area contributed by atoms with Crippen LogP contribution >= 0.6 is 25.3 Å². The zero-order chi connectivity index (χ0) is 104. The Morgan fingerprint density at radius 3 is 0.820 bits per heavy atom. The van der Waals surface area contributed by atoms with Crippen molar-refractivity contribution < 1.29 is 137 Å². The van der Waals surface area contributed by atoms with Gasteiger partial charge in [-0.15, -0.1) is 0 Å². The number of unbranched alkanes of at least 4 members (excludes halogenated alkanes) is 2. The van der Waals surface area contributed by atoms with Crippen LogP contribution in [-0.4, -0.2) is 299 Å². The number of aliphatic carboxylic acids is 5. The maximum absolute atomic E-state index is 14.9. The van der Waals surface area contributed by atoms with E-state index < -0.39 is 279 Å². The predicted octanol–water partition coefficient (Wildman–Crippen LogP) is -7.07. The number of guanidine groups is 2. The minimum Gasteiger partial charge on any atom is -0.508 e. The Morgan fingerprint density at radius 1 is 0.288 bits per heavy atom. The molecule has 0 spiro atoms. The highest BCUT2D eigenvalue weighted by atomic mass is 32.1. The second kappa shape index (κ2) is 61.3. The van der Waals surface area contributed by atoms with E-state index >= 15 is 0 Å². The highest BCUT2D eigenvalue weighted by molar-refractivity contribution is 7.80. The van der Waals surface area contributed by atoms with Crippen molar-refractivity contribution in [1.29, 1.82) is 10.8 Å². The Kier molecular flexibility index (Phi) is 51.3. The number of phenolic OH excluding ortho intramolecular Hbond substituents is 4. The van der Waals surface area contributed by atoms with Gasteiger partial charge in [0.25, 0.3) is 0 Å². The lowest BCUT2D eigenvalue weighted by molar-refractivity contribution is -0.142. The molecule has 0 fully saturated rings. The van der Waals surface area contributed by atoms with Crippen LogP contribution in [-0.2, 0) is 117 Å². The topological polar surface area (TPSA) is 877 Å². The standard InChI is InChI=1S/C86H123N23O28S2/c87-31-3-1-7-53(98-71(123)52(89)42-138)73(125)102-57(27-29-67(115)116)77(129)107-62(39-69(119)120)81(133)105-60(36-45-13-21-49(111)22-14-45)79(131)99-55(9-5-33-94-85(90)91)75(127)104-59(35-44-11-19-48(110)20-12-44)72(124)96-41-66(114)97-65(43-139)83(135)101-54(8-2-4-32-88)74(126)103-58(28-30-68(117)118)78(130)108-63(40-70(121)122)82(134)106-61(37-46-15-23-50(112)24-16-46)80(132)100-56(10-6-34-95-86(92)93)76(128)109-64(84(136)137)38-47-17-25-51(113)26-18-47/h11-26,52-65,110-113,138-139H,1-10,27-43,87-89H2,(H,96,124)(H,97,114)(H,98,123)(H,99,131)(H,100,132)(H,101,135)(H,102,125)(H,103,126)(H,104,127)(H,105,133)(H,106,134)(H,107,129)(H,108,130)(H,109,128)(H,115,116)(H,117,118)(H,119,120)(H,121,122)(H,136,137)(H4,90,91,94)(H4,92,93,95)/t52-,53-,54-,55-,56-,57-,58-,59-,60-,61-,62-,63-,64-,65-/m0/s1. The third-order valence-corrected chi connectivity index (χ3v) is 21.5. The molecule has 0 saturated heterocycles. The minimum atomic E-state index is -2.19. The Morgan fingerprint density at radius 2 is 0.540 bits per heavy atom.